The van der Waals surface area contributed by atoms with Crippen molar-refractivity contribution in [2.45, 2.75) is 13.8 Å². The van der Waals surface area contributed by atoms with Gasteiger partial charge in [-0.15, -0.1) is 0 Å². The minimum absolute atomic E-state index is 0.187. The van der Waals surface area contributed by atoms with E-state index in [2.05, 4.69) is 10.6 Å². The van der Waals surface area contributed by atoms with Crippen molar-refractivity contribution in [3.8, 4) is 0 Å². The summed E-state index contributed by atoms with van der Waals surface area (Å²) in [6.45, 7) is 2.54. The number of carbonyl (C=O) groups excluding carboxylic acids is 3. The van der Waals surface area contributed by atoms with E-state index in [1.165, 1.54) is 43.0 Å². The van der Waals surface area contributed by atoms with Crippen LogP contribution in [0.15, 0.2) is 48.5 Å². The Balaban J connectivity index is 2.02. The van der Waals surface area contributed by atoms with Crippen molar-refractivity contribution in [1.82, 2.24) is 0 Å². The Kier molecular flexibility index (Phi) is 5.84. The summed E-state index contributed by atoms with van der Waals surface area (Å²) < 4.78 is 13.0. The van der Waals surface area contributed by atoms with Gasteiger partial charge in [-0.05, 0) is 48.5 Å². The van der Waals surface area contributed by atoms with E-state index < -0.39 is 11.7 Å². The summed E-state index contributed by atoms with van der Waals surface area (Å²) in [5.41, 5.74) is 1.58. The third-order valence-corrected chi connectivity index (χ3v) is 3.31. The van der Waals surface area contributed by atoms with Gasteiger partial charge in [0.05, 0.1) is 0 Å². The molecule has 3 amide bonds. The van der Waals surface area contributed by atoms with Crippen LogP contribution < -0.4 is 15.5 Å². The van der Waals surface area contributed by atoms with Crippen LogP contribution in [-0.2, 0) is 14.4 Å². The molecule has 2 aromatic carbocycles. The maximum absolute atomic E-state index is 13.0. The molecule has 25 heavy (non-hydrogen) atoms. The zero-order valence-corrected chi connectivity index (χ0v) is 13.9. The minimum Gasteiger partial charge on any atom is -0.326 e. The zero-order chi connectivity index (χ0) is 18.4. The van der Waals surface area contributed by atoms with Crippen LogP contribution in [0.5, 0.6) is 0 Å². The predicted molar refractivity (Wildman–Crippen MR) is 93.8 cm³/mol. The molecule has 0 aliphatic rings. The number of hydrogen-bond donors (Lipinski definition) is 2. The van der Waals surface area contributed by atoms with Gasteiger partial charge in [0.25, 0.3) is 0 Å². The molecule has 0 atom stereocenters. The normalized spacial score (nSPS) is 10.0. The van der Waals surface area contributed by atoms with E-state index >= 15 is 0 Å². The van der Waals surface area contributed by atoms with Crippen molar-refractivity contribution in [2.75, 3.05) is 22.1 Å². The average Bonchev–Trinajstić information content (AvgIpc) is 2.55. The summed E-state index contributed by atoms with van der Waals surface area (Å²) in [5.74, 6) is -1.33. The van der Waals surface area contributed by atoms with E-state index in [0.717, 1.165) is 0 Å². The van der Waals surface area contributed by atoms with Crippen molar-refractivity contribution in [3.05, 3.63) is 54.3 Å². The number of carbonyl (C=O) groups is 3. The van der Waals surface area contributed by atoms with Gasteiger partial charge in [-0.1, -0.05) is 0 Å². The van der Waals surface area contributed by atoms with Gasteiger partial charge in [0, 0.05) is 30.9 Å². The van der Waals surface area contributed by atoms with Crippen LogP contribution in [0.3, 0.4) is 0 Å². The lowest BCUT2D eigenvalue weighted by atomic mass is 10.2. The number of nitrogens with one attached hydrogen (secondary N) is 2. The van der Waals surface area contributed by atoms with Gasteiger partial charge in [0.1, 0.15) is 12.4 Å². The van der Waals surface area contributed by atoms with Gasteiger partial charge in [0.2, 0.25) is 17.7 Å². The fourth-order valence-corrected chi connectivity index (χ4v) is 2.19. The molecule has 0 aliphatic heterocycles. The largest absolute Gasteiger partial charge is 0.326 e. The second kappa shape index (κ2) is 8.05. The first-order valence-corrected chi connectivity index (χ1v) is 7.56. The van der Waals surface area contributed by atoms with Crippen LogP contribution in [-0.4, -0.2) is 24.3 Å². The highest BCUT2D eigenvalue weighted by Crippen LogP contribution is 2.16. The van der Waals surface area contributed by atoms with Gasteiger partial charge in [-0.3, -0.25) is 14.4 Å². The molecule has 0 spiro atoms. The molecule has 6 nitrogen and oxygen atoms in total. The summed E-state index contributed by atoms with van der Waals surface area (Å²) in [6, 6.07) is 11.9. The number of hydrogen-bond acceptors (Lipinski definition) is 3. The smallest absolute Gasteiger partial charge is 0.244 e. The molecular weight excluding hydrogens is 325 g/mol. The van der Waals surface area contributed by atoms with Gasteiger partial charge < -0.3 is 15.5 Å². The van der Waals surface area contributed by atoms with Gasteiger partial charge >= 0.3 is 0 Å². The Bertz CT molecular complexity index is 773. The zero-order valence-electron chi connectivity index (χ0n) is 13.9. The molecule has 0 aromatic heterocycles. The third kappa shape index (κ3) is 5.42. The van der Waals surface area contributed by atoms with Crippen LogP contribution in [0.25, 0.3) is 0 Å². The van der Waals surface area contributed by atoms with Crippen LogP contribution in [0, 0.1) is 5.82 Å². The standard InChI is InChI=1S/C18H18FN3O3/c1-12(23)20-15-5-7-16(8-6-15)21-18(25)11-22(13(2)24)17-9-3-14(19)4-10-17/h3-10H,11H2,1-2H3,(H,20,23)(H,21,25). The first-order chi connectivity index (χ1) is 11.8. The first-order valence-electron chi connectivity index (χ1n) is 7.56. The Labute approximate surface area is 144 Å². The maximum atomic E-state index is 13.0. The summed E-state index contributed by atoms with van der Waals surface area (Å²) in [6.07, 6.45) is 0. The third-order valence-electron chi connectivity index (χ3n) is 3.31. The van der Waals surface area contributed by atoms with Crippen LogP contribution in [0.1, 0.15) is 13.8 Å². The Morgan fingerprint density at radius 1 is 0.880 bits per heavy atom. The second-order valence-corrected chi connectivity index (χ2v) is 5.39. The van der Waals surface area contributed by atoms with Crippen molar-refractivity contribution in [1.29, 1.82) is 0 Å². The van der Waals surface area contributed by atoms with Crippen LogP contribution in [0.2, 0.25) is 0 Å². The molecule has 2 N–H and O–H groups in total. The SMILES string of the molecule is CC(=O)Nc1ccc(NC(=O)CN(C(C)=O)c2ccc(F)cc2)cc1. The molecule has 0 unspecified atom stereocenters. The molecule has 7 heteroatoms. The molecule has 0 fully saturated rings. The van der Waals surface area contributed by atoms with E-state index in [9.17, 15) is 18.8 Å². The molecule has 0 saturated carbocycles. The van der Waals surface area contributed by atoms with E-state index in [1.807, 2.05) is 0 Å². The summed E-state index contributed by atoms with van der Waals surface area (Å²) in [4.78, 5) is 36.2. The van der Waals surface area contributed by atoms with Crippen LogP contribution >= 0.6 is 0 Å². The topological polar surface area (TPSA) is 78.5 Å². The summed E-state index contributed by atoms with van der Waals surface area (Å²) in [5, 5.41) is 5.29. The fourth-order valence-electron chi connectivity index (χ4n) is 2.19. The van der Waals surface area contributed by atoms with Crippen LogP contribution in [0.4, 0.5) is 21.5 Å². The predicted octanol–water partition coefficient (Wildman–Crippen LogP) is 2.78. The monoisotopic (exact) mass is 343 g/mol. The molecular formula is C18H18FN3O3. The molecule has 0 bridgehead atoms. The molecule has 130 valence electrons. The molecule has 0 aliphatic carbocycles. The highest BCUT2D eigenvalue weighted by Gasteiger charge is 2.16. The molecule has 0 saturated heterocycles. The lowest BCUT2D eigenvalue weighted by molar-refractivity contribution is -0.120. The Morgan fingerprint density at radius 3 is 1.88 bits per heavy atom. The van der Waals surface area contributed by atoms with Crippen molar-refractivity contribution in [3.63, 3.8) is 0 Å². The average molecular weight is 343 g/mol. The number of amides is 3. The maximum Gasteiger partial charge on any atom is 0.244 e. The highest BCUT2D eigenvalue weighted by molar-refractivity contribution is 6.01. The van der Waals surface area contributed by atoms with E-state index in [1.54, 1.807) is 24.3 Å². The van der Waals surface area contributed by atoms with Crippen molar-refractivity contribution in [2.24, 2.45) is 0 Å². The fraction of sp³-hybridized carbons (Fsp3) is 0.167. The van der Waals surface area contributed by atoms with E-state index in [-0.39, 0.29) is 18.4 Å². The lowest BCUT2D eigenvalue weighted by Crippen LogP contribution is -2.36. The molecule has 0 radical (unpaired) electrons. The van der Waals surface area contributed by atoms with Gasteiger partial charge in [0.15, 0.2) is 0 Å². The molecule has 0 heterocycles. The second-order valence-electron chi connectivity index (χ2n) is 5.39. The number of anilines is 3. The number of halogens is 1. The molecule has 2 rings (SSSR count). The lowest BCUT2D eigenvalue weighted by Gasteiger charge is -2.20. The number of rotatable bonds is 5. The summed E-state index contributed by atoms with van der Waals surface area (Å²) >= 11 is 0. The number of benzene rings is 2. The highest BCUT2D eigenvalue weighted by atomic mass is 19.1. The van der Waals surface area contributed by atoms with E-state index in [4.69, 9.17) is 0 Å². The van der Waals surface area contributed by atoms with Gasteiger partial charge in [-0.2, -0.15) is 0 Å². The number of nitrogens with zero attached hydrogens (tertiary/aromatic N) is 1. The van der Waals surface area contributed by atoms with Gasteiger partial charge in [-0.25, -0.2) is 4.39 Å². The van der Waals surface area contributed by atoms with E-state index in [0.29, 0.717) is 17.1 Å². The Hall–Kier alpha value is -3.22. The molecule has 2 aromatic rings. The Morgan fingerprint density at radius 2 is 1.40 bits per heavy atom. The quantitative estimate of drug-likeness (QED) is 0.876. The van der Waals surface area contributed by atoms with Crippen molar-refractivity contribution >= 4 is 34.8 Å². The first kappa shape index (κ1) is 18.1. The summed E-state index contributed by atoms with van der Waals surface area (Å²) in [7, 11) is 0. The minimum atomic E-state index is -0.420. The van der Waals surface area contributed by atoms with Crippen molar-refractivity contribution < 1.29 is 18.8 Å².